The van der Waals surface area contributed by atoms with E-state index < -0.39 is 0 Å². The van der Waals surface area contributed by atoms with Crippen molar-refractivity contribution in [2.45, 2.75) is 39.1 Å². The number of hydrogen-bond acceptors (Lipinski definition) is 3. The number of imidazole rings is 1. The van der Waals surface area contributed by atoms with Crippen LogP contribution in [0.1, 0.15) is 43.7 Å². The number of hydrogen-bond donors (Lipinski definition) is 0. The van der Waals surface area contributed by atoms with Crippen molar-refractivity contribution in [3.63, 3.8) is 0 Å². The fourth-order valence-corrected chi connectivity index (χ4v) is 2.81. The molecule has 0 aromatic carbocycles. The molecule has 116 valence electrons. The molecule has 2 rings (SSSR count). The standard InChI is InChI=1S/C16H25ClN4/c1-10(2)14(9-20(5)6)21-15(12(4)17)19-13-8-7-11(3)18-16(13)21/h7-8,10,12,14H,9H2,1-6H3. The van der Waals surface area contributed by atoms with Crippen LogP contribution in [0.3, 0.4) is 0 Å². The first-order chi connectivity index (χ1) is 9.81. The van der Waals surface area contributed by atoms with Gasteiger partial charge in [0, 0.05) is 12.2 Å². The lowest BCUT2D eigenvalue weighted by Crippen LogP contribution is -2.29. The van der Waals surface area contributed by atoms with Gasteiger partial charge in [0.2, 0.25) is 0 Å². The second-order valence-corrected chi connectivity index (χ2v) is 6.98. The van der Waals surface area contributed by atoms with E-state index in [2.05, 4.69) is 37.4 Å². The molecular weight excluding hydrogens is 284 g/mol. The Hall–Kier alpha value is -1.13. The molecule has 2 aromatic rings. The van der Waals surface area contributed by atoms with Crippen LogP contribution in [0.25, 0.3) is 11.2 Å². The Kier molecular flexibility index (Phi) is 4.89. The fourth-order valence-electron chi connectivity index (χ4n) is 2.66. The number of fused-ring (bicyclic) bond motifs is 1. The Bertz CT molecular complexity index is 616. The summed E-state index contributed by atoms with van der Waals surface area (Å²) in [5.74, 6) is 1.38. The van der Waals surface area contributed by atoms with Gasteiger partial charge in [-0.3, -0.25) is 0 Å². The molecule has 5 heteroatoms. The van der Waals surface area contributed by atoms with E-state index in [0.717, 1.165) is 29.2 Å². The Balaban J connectivity index is 2.67. The molecule has 4 nitrogen and oxygen atoms in total. The minimum Gasteiger partial charge on any atom is -0.307 e. The molecule has 2 atom stereocenters. The van der Waals surface area contributed by atoms with Crippen molar-refractivity contribution in [1.29, 1.82) is 0 Å². The Labute approximate surface area is 132 Å². The maximum atomic E-state index is 6.38. The van der Waals surface area contributed by atoms with Crippen LogP contribution < -0.4 is 0 Å². The molecule has 0 aliphatic rings. The van der Waals surface area contributed by atoms with Gasteiger partial charge in [0.05, 0.1) is 11.4 Å². The van der Waals surface area contributed by atoms with Crippen LogP contribution in [0, 0.1) is 12.8 Å². The summed E-state index contributed by atoms with van der Waals surface area (Å²) in [6.07, 6.45) is 0. The van der Waals surface area contributed by atoms with Gasteiger partial charge in [0.1, 0.15) is 11.3 Å². The first-order valence-corrected chi connectivity index (χ1v) is 7.89. The largest absolute Gasteiger partial charge is 0.307 e. The van der Waals surface area contributed by atoms with Gasteiger partial charge < -0.3 is 9.47 Å². The van der Waals surface area contributed by atoms with Gasteiger partial charge in [-0.2, -0.15) is 0 Å². The van der Waals surface area contributed by atoms with Crippen LogP contribution in [-0.2, 0) is 0 Å². The summed E-state index contributed by atoms with van der Waals surface area (Å²) < 4.78 is 2.24. The van der Waals surface area contributed by atoms with Gasteiger partial charge in [-0.05, 0) is 46.0 Å². The summed E-state index contributed by atoms with van der Waals surface area (Å²) in [5, 5.41) is -0.136. The third-order valence-corrected chi connectivity index (χ3v) is 3.91. The highest BCUT2D eigenvalue weighted by Gasteiger charge is 2.25. The van der Waals surface area contributed by atoms with E-state index in [9.17, 15) is 0 Å². The van der Waals surface area contributed by atoms with E-state index in [4.69, 9.17) is 21.6 Å². The molecule has 0 aliphatic carbocycles. The second-order valence-electron chi connectivity index (χ2n) is 6.32. The number of rotatable bonds is 5. The Morgan fingerprint density at radius 3 is 2.38 bits per heavy atom. The van der Waals surface area contributed by atoms with Gasteiger partial charge in [0.15, 0.2) is 5.65 Å². The lowest BCUT2D eigenvalue weighted by molar-refractivity contribution is 0.268. The molecular formula is C16H25ClN4. The van der Waals surface area contributed by atoms with Crippen molar-refractivity contribution < 1.29 is 0 Å². The zero-order valence-corrected chi connectivity index (χ0v) is 14.5. The van der Waals surface area contributed by atoms with Crippen molar-refractivity contribution in [3.8, 4) is 0 Å². The molecule has 2 unspecified atom stereocenters. The number of alkyl halides is 1. The van der Waals surface area contributed by atoms with E-state index >= 15 is 0 Å². The summed E-state index contributed by atoms with van der Waals surface area (Å²) in [6.45, 7) is 9.39. The maximum absolute atomic E-state index is 6.38. The first-order valence-electron chi connectivity index (χ1n) is 7.45. The predicted molar refractivity (Wildman–Crippen MR) is 89.0 cm³/mol. The third kappa shape index (κ3) is 3.38. The lowest BCUT2D eigenvalue weighted by Gasteiger charge is -2.28. The van der Waals surface area contributed by atoms with Crippen LogP contribution in [0.2, 0.25) is 0 Å². The fraction of sp³-hybridized carbons (Fsp3) is 0.625. The van der Waals surface area contributed by atoms with Crippen molar-refractivity contribution in [2.75, 3.05) is 20.6 Å². The Morgan fingerprint density at radius 1 is 1.19 bits per heavy atom. The minimum atomic E-state index is -0.136. The molecule has 0 saturated carbocycles. The Morgan fingerprint density at radius 2 is 1.86 bits per heavy atom. The number of halogens is 1. The van der Waals surface area contributed by atoms with Crippen LogP contribution in [0.4, 0.5) is 0 Å². The number of nitrogens with zero attached hydrogens (tertiary/aromatic N) is 4. The van der Waals surface area contributed by atoms with Crippen LogP contribution in [-0.4, -0.2) is 40.1 Å². The maximum Gasteiger partial charge on any atom is 0.160 e. The van der Waals surface area contributed by atoms with Crippen LogP contribution in [0.15, 0.2) is 12.1 Å². The van der Waals surface area contributed by atoms with Gasteiger partial charge in [-0.25, -0.2) is 9.97 Å². The molecule has 0 bridgehead atoms. The zero-order valence-electron chi connectivity index (χ0n) is 13.8. The third-order valence-electron chi connectivity index (χ3n) is 3.71. The molecule has 0 spiro atoms. The highest BCUT2D eigenvalue weighted by Crippen LogP contribution is 2.30. The molecule has 0 fully saturated rings. The average molecular weight is 309 g/mol. The highest BCUT2D eigenvalue weighted by molar-refractivity contribution is 6.20. The van der Waals surface area contributed by atoms with Crippen LogP contribution in [0.5, 0.6) is 0 Å². The average Bonchev–Trinajstić information content (AvgIpc) is 2.74. The normalized spacial score (nSPS) is 15.1. The van der Waals surface area contributed by atoms with Crippen LogP contribution >= 0.6 is 11.6 Å². The monoisotopic (exact) mass is 308 g/mol. The number of aromatic nitrogens is 3. The van der Waals surface area contributed by atoms with Crippen molar-refractivity contribution in [2.24, 2.45) is 5.92 Å². The summed E-state index contributed by atoms with van der Waals surface area (Å²) >= 11 is 6.38. The first kappa shape index (κ1) is 16.2. The summed E-state index contributed by atoms with van der Waals surface area (Å²) in [4.78, 5) is 11.6. The van der Waals surface area contributed by atoms with Crippen molar-refractivity contribution in [1.82, 2.24) is 19.4 Å². The number of pyridine rings is 1. The summed E-state index contributed by atoms with van der Waals surface area (Å²) in [6, 6.07) is 4.33. The minimum absolute atomic E-state index is 0.136. The second kappa shape index (κ2) is 6.32. The van der Waals surface area contributed by atoms with Gasteiger partial charge >= 0.3 is 0 Å². The van der Waals surface area contributed by atoms with Gasteiger partial charge in [-0.15, -0.1) is 11.6 Å². The predicted octanol–water partition coefficient (Wildman–Crippen LogP) is 3.80. The molecule has 2 heterocycles. The smallest absolute Gasteiger partial charge is 0.160 e. The highest BCUT2D eigenvalue weighted by atomic mass is 35.5. The SMILES string of the molecule is Cc1ccc2nc(C(C)Cl)n(C(CN(C)C)C(C)C)c2n1. The molecule has 21 heavy (non-hydrogen) atoms. The molecule has 0 amide bonds. The van der Waals surface area contributed by atoms with E-state index in [-0.39, 0.29) is 5.38 Å². The molecule has 0 radical (unpaired) electrons. The molecule has 0 saturated heterocycles. The summed E-state index contributed by atoms with van der Waals surface area (Å²) in [7, 11) is 4.19. The van der Waals surface area contributed by atoms with Crippen molar-refractivity contribution in [3.05, 3.63) is 23.7 Å². The van der Waals surface area contributed by atoms with Crippen molar-refractivity contribution >= 4 is 22.8 Å². The summed E-state index contributed by atoms with van der Waals surface area (Å²) in [5.41, 5.74) is 2.87. The van der Waals surface area contributed by atoms with E-state index in [1.807, 2.05) is 26.0 Å². The molecule has 2 aromatic heterocycles. The zero-order chi connectivity index (χ0) is 15.7. The lowest BCUT2D eigenvalue weighted by atomic mass is 10.0. The van der Waals surface area contributed by atoms with E-state index in [0.29, 0.717) is 12.0 Å². The quantitative estimate of drug-likeness (QED) is 0.788. The van der Waals surface area contributed by atoms with E-state index in [1.54, 1.807) is 0 Å². The number of aryl methyl sites for hydroxylation is 1. The van der Waals surface area contributed by atoms with Gasteiger partial charge in [0.25, 0.3) is 0 Å². The molecule has 0 aliphatic heterocycles. The van der Waals surface area contributed by atoms with Gasteiger partial charge in [-0.1, -0.05) is 13.8 Å². The van der Waals surface area contributed by atoms with E-state index in [1.165, 1.54) is 0 Å². The molecule has 0 N–H and O–H groups in total. The number of likely N-dealkylation sites (N-methyl/N-ethyl adjacent to an activating group) is 1. The topological polar surface area (TPSA) is 34.0 Å².